The number of pyridine rings is 1. The number of anilines is 1. The van der Waals surface area contributed by atoms with Gasteiger partial charge < -0.3 is 15.5 Å². The maximum atomic E-state index is 5.99. The quantitative estimate of drug-likeness (QED) is 0.689. The number of H-pyrrole nitrogens is 1. The molecule has 3 aromatic rings. The van der Waals surface area contributed by atoms with Gasteiger partial charge in [-0.15, -0.1) is 0 Å². The Morgan fingerprint density at radius 2 is 2.11 bits per heavy atom. The fourth-order valence-electron chi connectivity index (χ4n) is 2.00. The van der Waals surface area contributed by atoms with Crippen molar-refractivity contribution in [3.8, 4) is 17.1 Å². The fourth-order valence-corrected chi connectivity index (χ4v) is 2.00. The molecule has 0 unspecified atom stereocenters. The first-order valence-electron chi connectivity index (χ1n) is 5.93. The molecule has 1 aromatic carbocycles. The number of hydrogen-bond donors (Lipinski definition) is 2. The monoisotopic (exact) mass is 254 g/mol. The maximum Gasteiger partial charge on any atom is 0.178 e. The lowest BCUT2D eigenvalue weighted by Gasteiger charge is -2.05. The number of nitrogens with one attached hydrogen (secondary N) is 1. The number of methoxy groups -OCH3 is 1. The van der Waals surface area contributed by atoms with Crippen molar-refractivity contribution in [1.82, 2.24) is 15.0 Å². The van der Waals surface area contributed by atoms with E-state index < -0.39 is 0 Å². The van der Waals surface area contributed by atoms with Gasteiger partial charge in [0.1, 0.15) is 11.6 Å². The summed E-state index contributed by atoms with van der Waals surface area (Å²) < 4.78 is 5.21. The minimum Gasteiger partial charge on any atom is -0.497 e. The van der Waals surface area contributed by atoms with Gasteiger partial charge in [-0.1, -0.05) is 0 Å². The molecule has 0 spiro atoms. The molecule has 3 rings (SSSR count). The largest absolute Gasteiger partial charge is 0.497 e. The molecule has 0 saturated heterocycles. The summed E-state index contributed by atoms with van der Waals surface area (Å²) in [5.74, 6) is 1.44. The number of aromatic amines is 1. The fraction of sp³-hybridized carbons (Fsp3) is 0.143. The second kappa shape index (κ2) is 4.28. The Balaban J connectivity index is 2.18. The second-order valence-electron chi connectivity index (χ2n) is 4.42. The number of nitrogen functional groups attached to an aromatic ring is 1. The number of rotatable bonds is 2. The van der Waals surface area contributed by atoms with Gasteiger partial charge in [0, 0.05) is 17.4 Å². The number of imidazole rings is 1. The standard InChI is InChI=1S/C14H14N4O/c1-8-5-12-14(16-7-8)18-13(17-12)10-6-9(19-2)3-4-11(10)15/h3-7H,15H2,1-2H3,(H,16,17,18). The predicted molar refractivity (Wildman–Crippen MR) is 75.0 cm³/mol. The summed E-state index contributed by atoms with van der Waals surface area (Å²) in [5.41, 5.74) is 10.1. The highest BCUT2D eigenvalue weighted by Crippen LogP contribution is 2.29. The molecule has 0 bridgehead atoms. The summed E-state index contributed by atoms with van der Waals surface area (Å²) in [6.07, 6.45) is 1.79. The van der Waals surface area contributed by atoms with Crippen LogP contribution in [0, 0.1) is 6.92 Å². The van der Waals surface area contributed by atoms with E-state index in [4.69, 9.17) is 10.5 Å². The molecule has 0 aliphatic rings. The molecular weight excluding hydrogens is 240 g/mol. The van der Waals surface area contributed by atoms with Crippen molar-refractivity contribution in [3.05, 3.63) is 36.0 Å². The van der Waals surface area contributed by atoms with Crippen molar-refractivity contribution in [1.29, 1.82) is 0 Å². The lowest BCUT2D eigenvalue weighted by atomic mass is 10.1. The van der Waals surface area contributed by atoms with E-state index in [9.17, 15) is 0 Å². The summed E-state index contributed by atoms with van der Waals surface area (Å²) in [6, 6.07) is 7.50. The van der Waals surface area contributed by atoms with Crippen molar-refractivity contribution in [3.63, 3.8) is 0 Å². The third-order valence-electron chi connectivity index (χ3n) is 2.99. The van der Waals surface area contributed by atoms with Gasteiger partial charge in [-0.05, 0) is 36.8 Å². The van der Waals surface area contributed by atoms with Crippen LogP contribution >= 0.6 is 0 Å². The van der Waals surface area contributed by atoms with E-state index in [1.807, 2.05) is 25.1 Å². The summed E-state index contributed by atoms with van der Waals surface area (Å²) in [5, 5.41) is 0. The lowest BCUT2D eigenvalue weighted by Crippen LogP contribution is -1.93. The van der Waals surface area contributed by atoms with Crippen LogP contribution in [0.2, 0.25) is 0 Å². The van der Waals surface area contributed by atoms with Crippen LogP contribution in [-0.2, 0) is 0 Å². The van der Waals surface area contributed by atoms with Gasteiger partial charge in [0.2, 0.25) is 0 Å². The first-order chi connectivity index (χ1) is 9.17. The van der Waals surface area contributed by atoms with Crippen LogP contribution < -0.4 is 10.5 Å². The predicted octanol–water partition coefficient (Wildman–Crippen LogP) is 2.52. The summed E-state index contributed by atoms with van der Waals surface area (Å²) in [7, 11) is 1.62. The van der Waals surface area contributed by atoms with Crippen LogP contribution in [0.4, 0.5) is 5.69 Å². The molecule has 5 nitrogen and oxygen atoms in total. The van der Waals surface area contributed by atoms with E-state index in [2.05, 4.69) is 15.0 Å². The van der Waals surface area contributed by atoms with Crippen LogP contribution in [0.5, 0.6) is 5.75 Å². The molecule has 0 amide bonds. The summed E-state index contributed by atoms with van der Waals surface area (Å²) in [4.78, 5) is 12.0. The van der Waals surface area contributed by atoms with Crippen LogP contribution in [0.15, 0.2) is 30.5 Å². The first-order valence-corrected chi connectivity index (χ1v) is 5.93. The molecule has 3 N–H and O–H groups in total. The Kier molecular flexibility index (Phi) is 2.59. The molecule has 0 atom stereocenters. The Bertz CT molecular complexity index is 748. The van der Waals surface area contributed by atoms with Crippen LogP contribution in [-0.4, -0.2) is 22.1 Å². The van der Waals surface area contributed by atoms with Crippen LogP contribution in [0.1, 0.15) is 5.56 Å². The number of ether oxygens (including phenoxy) is 1. The van der Waals surface area contributed by atoms with Gasteiger partial charge in [0.05, 0.1) is 12.6 Å². The van der Waals surface area contributed by atoms with E-state index in [-0.39, 0.29) is 0 Å². The molecule has 0 radical (unpaired) electrons. The van der Waals surface area contributed by atoms with Gasteiger partial charge in [-0.2, -0.15) is 0 Å². The van der Waals surface area contributed by atoms with Crippen LogP contribution in [0.3, 0.4) is 0 Å². The number of benzene rings is 1. The Morgan fingerprint density at radius 1 is 1.26 bits per heavy atom. The Morgan fingerprint density at radius 3 is 2.89 bits per heavy atom. The summed E-state index contributed by atoms with van der Waals surface area (Å²) >= 11 is 0. The van der Waals surface area contributed by atoms with Gasteiger partial charge >= 0.3 is 0 Å². The number of nitrogens with zero attached hydrogens (tertiary/aromatic N) is 2. The highest BCUT2D eigenvalue weighted by Gasteiger charge is 2.10. The number of nitrogens with two attached hydrogens (primary N) is 1. The number of aromatic nitrogens is 3. The molecule has 0 saturated carbocycles. The smallest absolute Gasteiger partial charge is 0.178 e. The normalized spacial score (nSPS) is 10.8. The minimum absolute atomic E-state index is 0.650. The topological polar surface area (TPSA) is 76.8 Å². The van der Waals surface area contributed by atoms with Crippen molar-refractivity contribution in [2.45, 2.75) is 6.92 Å². The van der Waals surface area contributed by atoms with E-state index >= 15 is 0 Å². The average molecular weight is 254 g/mol. The molecule has 2 heterocycles. The Labute approximate surface area is 110 Å². The van der Waals surface area contributed by atoms with Crippen molar-refractivity contribution >= 4 is 16.9 Å². The molecular formula is C14H14N4O. The molecule has 96 valence electrons. The maximum absolute atomic E-state index is 5.99. The first kappa shape index (κ1) is 11.5. The van der Waals surface area contributed by atoms with E-state index in [1.165, 1.54) is 0 Å². The molecule has 5 heteroatoms. The van der Waals surface area contributed by atoms with Crippen molar-refractivity contribution < 1.29 is 4.74 Å². The molecule has 2 aromatic heterocycles. The third-order valence-corrected chi connectivity index (χ3v) is 2.99. The van der Waals surface area contributed by atoms with Gasteiger partial charge in [-0.25, -0.2) is 9.97 Å². The SMILES string of the molecule is COc1ccc(N)c(-c2nc3ncc(C)cc3[nH]2)c1. The van der Waals surface area contributed by atoms with E-state index in [0.29, 0.717) is 17.2 Å². The Hall–Kier alpha value is -2.56. The van der Waals surface area contributed by atoms with E-state index in [1.54, 1.807) is 19.4 Å². The lowest BCUT2D eigenvalue weighted by molar-refractivity contribution is 0.415. The number of fused-ring (bicyclic) bond motifs is 1. The molecule has 0 fully saturated rings. The zero-order chi connectivity index (χ0) is 13.4. The molecule has 19 heavy (non-hydrogen) atoms. The molecule has 0 aliphatic carbocycles. The van der Waals surface area contributed by atoms with Gasteiger partial charge in [0.25, 0.3) is 0 Å². The highest BCUT2D eigenvalue weighted by atomic mass is 16.5. The summed E-state index contributed by atoms with van der Waals surface area (Å²) in [6.45, 7) is 1.99. The third kappa shape index (κ3) is 1.99. The zero-order valence-corrected chi connectivity index (χ0v) is 10.8. The van der Waals surface area contributed by atoms with E-state index in [0.717, 1.165) is 22.4 Å². The minimum atomic E-state index is 0.650. The van der Waals surface area contributed by atoms with Crippen LogP contribution in [0.25, 0.3) is 22.6 Å². The number of aryl methyl sites for hydroxylation is 1. The van der Waals surface area contributed by atoms with Crippen molar-refractivity contribution in [2.75, 3.05) is 12.8 Å². The van der Waals surface area contributed by atoms with Gasteiger partial charge in [0.15, 0.2) is 5.65 Å². The van der Waals surface area contributed by atoms with Crippen molar-refractivity contribution in [2.24, 2.45) is 0 Å². The highest BCUT2D eigenvalue weighted by molar-refractivity contribution is 5.81. The van der Waals surface area contributed by atoms with Gasteiger partial charge in [-0.3, -0.25) is 0 Å². The second-order valence-corrected chi connectivity index (χ2v) is 4.42. The average Bonchev–Trinajstić information content (AvgIpc) is 2.82. The molecule has 0 aliphatic heterocycles. The zero-order valence-electron chi connectivity index (χ0n) is 10.8. The number of hydrogen-bond acceptors (Lipinski definition) is 4.